The zero-order chi connectivity index (χ0) is 16.7. The summed E-state index contributed by atoms with van der Waals surface area (Å²) in [5, 5.41) is 0. The standard InChI is InChI=1S/C17H19NO5/c1-13(17(20)21-2)11-18(12-15-6-4-10-23-15)16(19)8-7-14-5-3-9-22-14/h3-10,13H,11-12H2,1-2H3/b8-7+. The van der Waals surface area contributed by atoms with Gasteiger partial charge in [0, 0.05) is 12.6 Å². The fourth-order valence-corrected chi connectivity index (χ4v) is 2.07. The number of furan rings is 2. The van der Waals surface area contributed by atoms with Crippen LogP contribution in [0.4, 0.5) is 0 Å². The molecule has 6 nitrogen and oxygen atoms in total. The van der Waals surface area contributed by atoms with E-state index >= 15 is 0 Å². The molecule has 0 fully saturated rings. The lowest BCUT2D eigenvalue weighted by atomic mass is 10.1. The van der Waals surface area contributed by atoms with Crippen LogP contribution in [-0.2, 0) is 20.9 Å². The van der Waals surface area contributed by atoms with Crippen LogP contribution in [-0.4, -0.2) is 30.4 Å². The fourth-order valence-electron chi connectivity index (χ4n) is 2.07. The highest BCUT2D eigenvalue weighted by atomic mass is 16.5. The minimum Gasteiger partial charge on any atom is -0.469 e. The smallest absolute Gasteiger partial charge is 0.310 e. The van der Waals surface area contributed by atoms with Crippen LogP contribution in [0.25, 0.3) is 6.08 Å². The number of amides is 1. The topological polar surface area (TPSA) is 72.9 Å². The van der Waals surface area contributed by atoms with E-state index in [0.29, 0.717) is 11.5 Å². The lowest BCUT2D eigenvalue weighted by Gasteiger charge is -2.22. The number of carbonyl (C=O) groups is 2. The predicted octanol–water partition coefficient (Wildman–Crippen LogP) is 2.72. The third-order valence-corrected chi connectivity index (χ3v) is 3.27. The van der Waals surface area contributed by atoms with E-state index in [-0.39, 0.29) is 25.0 Å². The molecule has 0 saturated carbocycles. The summed E-state index contributed by atoms with van der Waals surface area (Å²) in [4.78, 5) is 25.5. The van der Waals surface area contributed by atoms with Gasteiger partial charge in [0.05, 0.1) is 32.1 Å². The third kappa shape index (κ3) is 4.88. The van der Waals surface area contributed by atoms with Gasteiger partial charge in [-0.15, -0.1) is 0 Å². The van der Waals surface area contributed by atoms with Gasteiger partial charge >= 0.3 is 5.97 Å². The Bertz CT molecular complexity index is 643. The summed E-state index contributed by atoms with van der Waals surface area (Å²) in [6.07, 6.45) is 6.07. The second-order valence-electron chi connectivity index (χ2n) is 5.07. The first-order valence-electron chi connectivity index (χ1n) is 7.21. The number of ether oxygens (including phenoxy) is 1. The summed E-state index contributed by atoms with van der Waals surface area (Å²) in [5.41, 5.74) is 0. The molecule has 0 N–H and O–H groups in total. The van der Waals surface area contributed by atoms with Crippen LogP contribution < -0.4 is 0 Å². The molecular formula is C17H19NO5. The van der Waals surface area contributed by atoms with Crippen molar-refractivity contribution in [3.8, 4) is 0 Å². The van der Waals surface area contributed by atoms with Crippen molar-refractivity contribution in [2.45, 2.75) is 13.5 Å². The number of methoxy groups -OCH3 is 1. The second kappa shape index (κ2) is 8.03. The maximum atomic E-state index is 12.4. The van der Waals surface area contributed by atoms with Gasteiger partial charge in [0.1, 0.15) is 11.5 Å². The Morgan fingerprint density at radius 1 is 1.26 bits per heavy atom. The van der Waals surface area contributed by atoms with Crippen LogP contribution in [0.3, 0.4) is 0 Å². The number of esters is 1. The van der Waals surface area contributed by atoms with Gasteiger partial charge in [-0.1, -0.05) is 6.92 Å². The first kappa shape index (κ1) is 16.6. The SMILES string of the molecule is COC(=O)C(C)CN(Cc1ccco1)C(=O)/C=C/c1ccco1. The van der Waals surface area contributed by atoms with Crippen LogP contribution in [0.15, 0.2) is 51.7 Å². The van der Waals surface area contributed by atoms with Crippen molar-refractivity contribution in [2.24, 2.45) is 5.92 Å². The van der Waals surface area contributed by atoms with E-state index in [4.69, 9.17) is 13.6 Å². The maximum absolute atomic E-state index is 12.4. The molecule has 122 valence electrons. The van der Waals surface area contributed by atoms with E-state index in [1.54, 1.807) is 43.5 Å². The number of hydrogen-bond donors (Lipinski definition) is 0. The van der Waals surface area contributed by atoms with Gasteiger partial charge < -0.3 is 18.5 Å². The molecule has 0 radical (unpaired) electrons. The molecule has 2 rings (SSSR count). The van der Waals surface area contributed by atoms with Gasteiger partial charge in [0.2, 0.25) is 5.91 Å². The van der Waals surface area contributed by atoms with Gasteiger partial charge in [-0.25, -0.2) is 0 Å². The van der Waals surface area contributed by atoms with Crippen molar-refractivity contribution in [1.29, 1.82) is 0 Å². The summed E-state index contributed by atoms with van der Waals surface area (Å²) in [6, 6.07) is 7.02. The molecule has 1 unspecified atom stereocenters. The number of nitrogens with zero attached hydrogens (tertiary/aromatic N) is 1. The predicted molar refractivity (Wildman–Crippen MR) is 83.0 cm³/mol. The van der Waals surface area contributed by atoms with E-state index in [2.05, 4.69) is 0 Å². The van der Waals surface area contributed by atoms with E-state index in [1.165, 1.54) is 24.3 Å². The van der Waals surface area contributed by atoms with Crippen LogP contribution in [0.5, 0.6) is 0 Å². The van der Waals surface area contributed by atoms with Gasteiger partial charge in [-0.2, -0.15) is 0 Å². The van der Waals surface area contributed by atoms with Gasteiger partial charge in [-0.3, -0.25) is 9.59 Å². The van der Waals surface area contributed by atoms with Crippen molar-refractivity contribution < 1.29 is 23.2 Å². The molecule has 1 atom stereocenters. The quantitative estimate of drug-likeness (QED) is 0.580. The van der Waals surface area contributed by atoms with Gasteiger partial charge in [0.25, 0.3) is 0 Å². The zero-order valence-corrected chi connectivity index (χ0v) is 13.1. The molecular weight excluding hydrogens is 298 g/mol. The highest BCUT2D eigenvalue weighted by Gasteiger charge is 2.21. The maximum Gasteiger partial charge on any atom is 0.310 e. The Balaban J connectivity index is 2.08. The number of hydrogen-bond acceptors (Lipinski definition) is 5. The Morgan fingerprint density at radius 2 is 2.00 bits per heavy atom. The van der Waals surface area contributed by atoms with Crippen LogP contribution in [0.1, 0.15) is 18.4 Å². The summed E-state index contributed by atoms with van der Waals surface area (Å²) >= 11 is 0. The molecule has 6 heteroatoms. The van der Waals surface area contributed by atoms with Crippen LogP contribution in [0.2, 0.25) is 0 Å². The average molecular weight is 317 g/mol. The van der Waals surface area contributed by atoms with Crippen LogP contribution >= 0.6 is 0 Å². The fraction of sp³-hybridized carbons (Fsp3) is 0.294. The summed E-state index contributed by atoms with van der Waals surface area (Å²) in [5.74, 6) is 0.181. The molecule has 0 spiro atoms. The van der Waals surface area contributed by atoms with Crippen molar-refractivity contribution in [1.82, 2.24) is 4.90 Å². The Morgan fingerprint density at radius 3 is 2.61 bits per heavy atom. The molecule has 0 saturated heterocycles. The first-order valence-corrected chi connectivity index (χ1v) is 7.21. The van der Waals surface area contributed by atoms with Crippen LogP contribution in [0, 0.1) is 5.92 Å². The number of rotatable bonds is 7. The molecule has 1 amide bonds. The molecule has 0 bridgehead atoms. The number of carbonyl (C=O) groups excluding carboxylic acids is 2. The zero-order valence-electron chi connectivity index (χ0n) is 13.1. The second-order valence-corrected chi connectivity index (χ2v) is 5.07. The first-order chi connectivity index (χ1) is 11.1. The highest BCUT2D eigenvalue weighted by Crippen LogP contribution is 2.11. The van der Waals surface area contributed by atoms with Crippen molar-refractivity contribution in [2.75, 3.05) is 13.7 Å². The molecule has 2 heterocycles. The van der Waals surface area contributed by atoms with Crippen molar-refractivity contribution in [3.05, 3.63) is 54.4 Å². The van der Waals surface area contributed by atoms with E-state index in [1.807, 2.05) is 0 Å². The summed E-state index contributed by atoms with van der Waals surface area (Å²) in [6.45, 7) is 2.22. The normalized spacial score (nSPS) is 12.3. The van der Waals surface area contributed by atoms with E-state index in [0.717, 1.165) is 0 Å². The molecule has 2 aromatic rings. The van der Waals surface area contributed by atoms with Crippen molar-refractivity contribution in [3.63, 3.8) is 0 Å². The lowest BCUT2D eigenvalue weighted by molar-refractivity contribution is -0.146. The molecule has 0 aliphatic carbocycles. The summed E-state index contributed by atoms with van der Waals surface area (Å²) in [7, 11) is 1.33. The Kier molecular flexibility index (Phi) is 5.80. The molecule has 0 aliphatic heterocycles. The van der Waals surface area contributed by atoms with Gasteiger partial charge in [0.15, 0.2) is 0 Å². The third-order valence-electron chi connectivity index (χ3n) is 3.27. The molecule has 0 aliphatic rings. The van der Waals surface area contributed by atoms with Crippen molar-refractivity contribution >= 4 is 18.0 Å². The Labute approximate surface area is 134 Å². The van der Waals surface area contributed by atoms with Gasteiger partial charge in [-0.05, 0) is 30.3 Å². The Hall–Kier alpha value is -2.76. The molecule has 0 aromatic carbocycles. The monoisotopic (exact) mass is 317 g/mol. The molecule has 2 aromatic heterocycles. The summed E-state index contributed by atoms with van der Waals surface area (Å²) < 4.78 is 15.1. The largest absolute Gasteiger partial charge is 0.469 e. The lowest BCUT2D eigenvalue weighted by Crippen LogP contribution is -2.35. The minimum atomic E-state index is -0.434. The highest BCUT2D eigenvalue weighted by molar-refractivity contribution is 5.91. The van der Waals surface area contributed by atoms with E-state index < -0.39 is 5.92 Å². The van der Waals surface area contributed by atoms with E-state index in [9.17, 15) is 9.59 Å². The average Bonchev–Trinajstić information content (AvgIpc) is 3.24. The molecule has 23 heavy (non-hydrogen) atoms. The minimum absolute atomic E-state index is 0.231.